The molecule has 0 amide bonds. The van der Waals surface area contributed by atoms with Gasteiger partial charge in [-0.3, -0.25) is 4.99 Å². The third kappa shape index (κ3) is 5.78. The van der Waals surface area contributed by atoms with Crippen molar-refractivity contribution in [1.29, 1.82) is 0 Å². The van der Waals surface area contributed by atoms with E-state index in [4.69, 9.17) is 15.3 Å². The molecule has 0 atom stereocenters. The third-order valence-electron chi connectivity index (χ3n) is 1.11. The zero-order valence-corrected chi connectivity index (χ0v) is 6.96. The Bertz CT molecular complexity index is 116. The molecular formula is C6H15N3O2. The highest BCUT2D eigenvalue weighted by Gasteiger charge is 1.93. The first kappa shape index (κ1) is 10.3. The normalized spacial score (nSPS) is 11.7. The summed E-state index contributed by atoms with van der Waals surface area (Å²) in [6.07, 6.45) is 0. The summed E-state index contributed by atoms with van der Waals surface area (Å²) in [7, 11) is 3.27. The van der Waals surface area contributed by atoms with Gasteiger partial charge in [0.1, 0.15) is 12.4 Å². The molecule has 11 heavy (non-hydrogen) atoms. The molecule has 0 aliphatic rings. The maximum absolute atomic E-state index is 5.12. The second kappa shape index (κ2) is 7.46. The largest absolute Gasteiger partial charge is 0.382 e. The lowest BCUT2D eigenvalue weighted by Crippen LogP contribution is -2.34. The van der Waals surface area contributed by atoms with Crippen molar-refractivity contribution in [3.8, 4) is 0 Å². The molecule has 5 heteroatoms. The first-order chi connectivity index (χ1) is 5.35. The molecule has 0 bridgehead atoms. The van der Waals surface area contributed by atoms with Crippen molar-refractivity contribution < 1.29 is 9.47 Å². The molecule has 0 aromatic carbocycles. The van der Waals surface area contributed by atoms with Crippen molar-refractivity contribution in [3.05, 3.63) is 0 Å². The molecule has 3 N–H and O–H groups in total. The van der Waals surface area contributed by atoms with Gasteiger partial charge in [0.2, 0.25) is 0 Å². The summed E-state index contributed by atoms with van der Waals surface area (Å²) in [5.74, 6) is 5.73. The summed E-state index contributed by atoms with van der Waals surface area (Å²) in [4.78, 5) is 3.82. The molecule has 5 nitrogen and oxygen atoms in total. The molecule has 0 aromatic rings. The number of ether oxygens (including phenoxy) is 2. The molecule has 0 saturated heterocycles. The van der Waals surface area contributed by atoms with Crippen molar-refractivity contribution in [3.63, 3.8) is 0 Å². The number of nitrogens with two attached hydrogens (primary N) is 1. The minimum absolute atomic E-state index is 0.399. The first-order valence-electron chi connectivity index (χ1n) is 3.34. The van der Waals surface area contributed by atoms with Crippen molar-refractivity contribution in [2.75, 3.05) is 34.0 Å². The Balaban J connectivity index is 3.22. The second-order valence-electron chi connectivity index (χ2n) is 1.86. The van der Waals surface area contributed by atoms with E-state index in [0.717, 1.165) is 0 Å². The van der Waals surface area contributed by atoms with Gasteiger partial charge >= 0.3 is 0 Å². The third-order valence-corrected chi connectivity index (χ3v) is 1.11. The molecule has 0 rings (SSSR count). The maximum atomic E-state index is 5.12. The lowest BCUT2D eigenvalue weighted by molar-refractivity contribution is 0.0892. The van der Waals surface area contributed by atoms with Crippen LogP contribution in [0.1, 0.15) is 0 Å². The van der Waals surface area contributed by atoms with Gasteiger partial charge in [-0.2, -0.15) is 0 Å². The molecule has 0 aromatic heterocycles. The summed E-state index contributed by atoms with van der Waals surface area (Å²) in [6, 6.07) is 0. The maximum Gasteiger partial charge on any atom is 0.136 e. The number of hydrazine groups is 1. The van der Waals surface area contributed by atoms with E-state index in [1.807, 2.05) is 0 Å². The number of rotatable bonds is 5. The summed E-state index contributed by atoms with van der Waals surface area (Å²) in [6.45, 7) is 1.54. The van der Waals surface area contributed by atoms with E-state index >= 15 is 0 Å². The van der Waals surface area contributed by atoms with Gasteiger partial charge in [0.15, 0.2) is 0 Å². The van der Waals surface area contributed by atoms with Crippen LogP contribution in [-0.2, 0) is 9.47 Å². The predicted octanol–water partition coefficient (Wildman–Crippen LogP) is -0.859. The fourth-order valence-corrected chi connectivity index (χ4v) is 0.482. The molecule has 0 saturated carbocycles. The van der Waals surface area contributed by atoms with Gasteiger partial charge in [-0.25, -0.2) is 5.84 Å². The first-order valence-corrected chi connectivity index (χ1v) is 3.34. The molecule has 0 radical (unpaired) electrons. The van der Waals surface area contributed by atoms with Crippen molar-refractivity contribution in [2.45, 2.75) is 0 Å². The fraction of sp³-hybridized carbons (Fsp3) is 0.833. The van der Waals surface area contributed by atoms with Crippen LogP contribution in [0.3, 0.4) is 0 Å². The summed E-state index contributed by atoms with van der Waals surface area (Å²) >= 11 is 0. The average molecular weight is 161 g/mol. The number of methoxy groups -OCH3 is 1. The Morgan fingerprint density at radius 2 is 2.27 bits per heavy atom. The monoisotopic (exact) mass is 161 g/mol. The minimum Gasteiger partial charge on any atom is -0.382 e. The van der Waals surface area contributed by atoms with Crippen LogP contribution in [0.4, 0.5) is 0 Å². The van der Waals surface area contributed by atoms with Crippen LogP contribution < -0.4 is 11.3 Å². The number of nitrogens with zero attached hydrogens (tertiary/aromatic N) is 1. The van der Waals surface area contributed by atoms with Crippen LogP contribution in [0.15, 0.2) is 4.99 Å². The molecule has 0 unspecified atom stereocenters. The Hall–Kier alpha value is -0.650. The van der Waals surface area contributed by atoms with Crippen LogP contribution in [0, 0.1) is 0 Å². The van der Waals surface area contributed by atoms with Crippen LogP contribution >= 0.6 is 0 Å². The Kier molecular flexibility index (Phi) is 7.02. The van der Waals surface area contributed by atoms with Crippen LogP contribution in [0.5, 0.6) is 0 Å². The van der Waals surface area contributed by atoms with Gasteiger partial charge < -0.3 is 14.9 Å². The number of hydrogen-bond donors (Lipinski definition) is 2. The van der Waals surface area contributed by atoms with E-state index in [9.17, 15) is 0 Å². The highest BCUT2D eigenvalue weighted by atomic mass is 16.5. The van der Waals surface area contributed by atoms with E-state index < -0.39 is 0 Å². The van der Waals surface area contributed by atoms with E-state index in [1.54, 1.807) is 14.2 Å². The van der Waals surface area contributed by atoms with Gasteiger partial charge in [0, 0.05) is 14.2 Å². The highest BCUT2D eigenvalue weighted by molar-refractivity contribution is 5.82. The second-order valence-corrected chi connectivity index (χ2v) is 1.86. The Labute approximate surface area is 66.5 Å². The predicted molar refractivity (Wildman–Crippen MR) is 43.4 cm³/mol. The average Bonchev–Trinajstić information content (AvgIpc) is 2.05. The van der Waals surface area contributed by atoms with Crippen LogP contribution in [-0.4, -0.2) is 39.8 Å². The molecule has 66 valence electrons. The van der Waals surface area contributed by atoms with Crippen molar-refractivity contribution >= 4 is 5.84 Å². The van der Waals surface area contributed by atoms with E-state index in [1.165, 1.54) is 0 Å². The number of hydrogen-bond acceptors (Lipinski definition) is 4. The van der Waals surface area contributed by atoms with Crippen molar-refractivity contribution in [2.24, 2.45) is 10.8 Å². The number of aliphatic imine (C=N–C) groups is 1. The van der Waals surface area contributed by atoms with Gasteiger partial charge in [-0.05, 0) is 0 Å². The SMILES string of the molecule is CN=C(COCCOC)NN. The standard InChI is InChI=1S/C6H15N3O2/c1-8-6(9-7)5-11-4-3-10-2/h3-5,7H2,1-2H3,(H,8,9). The fourth-order valence-electron chi connectivity index (χ4n) is 0.482. The lowest BCUT2D eigenvalue weighted by Gasteiger charge is -2.04. The van der Waals surface area contributed by atoms with E-state index in [0.29, 0.717) is 25.7 Å². The minimum atomic E-state index is 0.399. The quantitative estimate of drug-likeness (QED) is 0.181. The van der Waals surface area contributed by atoms with E-state index in [-0.39, 0.29) is 0 Å². The van der Waals surface area contributed by atoms with E-state index in [2.05, 4.69) is 10.4 Å². The Morgan fingerprint density at radius 3 is 2.73 bits per heavy atom. The molecule has 0 aliphatic heterocycles. The Morgan fingerprint density at radius 1 is 1.55 bits per heavy atom. The van der Waals surface area contributed by atoms with Crippen LogP contribution in [0.2, 0.25) is 0 Å². The van der Waals surface area contributed by atoms with Crippen LogP contribution in [0.25, 0.3) is 0 Å². The van der Waals surface area contributed by atoms with Crippen molar-refractivity contribution in [1.82, 2.24) is 5.43 Å². The summed E-state index contributed by atoms with van der Waals surface area (Å²) < 4.78 is 9.89. The molecule has 0 heterocycles. The number of nitrogens with one attached hydrogen (secondary N) is 1. The van der Waals surface area contributed by atoms with Gasteiger partial charge in [0.05, 0.1) is 13.2 Å². The molecular weight excluding hydrogens is 146 g/mol. The topological polar surface area (TPSA) is 68.9 Å². The highest BCUT2D eigenvalue weighted by Crippen LogP contribution is 1.77. The zero-order chi connectivity index (χ0) is 8.53. The summed E-state index contributed by atoms with van der Waals surface area (Å²) in [5.41, 5.74) is 2.41. The molecule has 0 spiro atoms. The molecule has 0 fully saturated rings. The summed E-state index contributed by atoms with van der Waals surface area (Å²) in [5, 5.41) is 0. The van der Waals surface area contributed by atoms with Gasteiger partial charge in [-0.15, -0.1) is 0 Å². The smallest absolute Gasteiger partial charge is 0.136 e. The zero-order valence-electron chi connectivity index (χ0n) is 6.96. The lowest BCUT2D eigenvalue weighted by atomic mass is 10.6. The molecule has 0 aliphatic carbocycles. The van der Waals surface area contributed by atoms with Gasteiger partial charge in [0.25, 0.3) is 0 Å². The number of amidine groups is 1. The van der Waals surface area contributed by atoms with Gasteiger partial charge in [-0.1, -0.05) is 0 Å².